The topological polar surface area (TPSA) is 112 Å². The summed E-state index contributed by atoms with van der Waals surface area (Å²) < 4.78 is 29.3. The Kier molecular flexibility index (Phi) is 7.31. The molecule has 0 atom stereocenters. The molecule has 11 heteroatoms. The SMILES string of the molecule is Cc1nnc(SCC(=O)N2CCN(S(=O)(=O)c3ccccc3C#N)CC2)n1Cc1ccccc1. The van der Waals surface area contributed by atoms with E-state index in [9.17, 15) is 18.5 Å². The van der Waals surface area contributed by atoms with Crippen LogP contribution in [0.25, 0.3) is 0 Å². The second kappa shape index (κ2) is 10.4. The fourth-order valence-electron chi connectivity index (χ4n) is 3.73. The number of thioether (sulfide) groups is 1. The van der Waals surface area contributed by atoms with Crippen molar-refractivity contribution in [2.45, 2.75) is 23.5 Å². The van der Waals surface area contributed by atoms with E-state index in [4.69, 9.17) is 0 Å². The van der Waals surface area contributed by atoms with Gasteiger partial charge in [0.2, 0.25) is 15.9 Å². The van der Waals surface area contributed by atoms with Gasteiger partial charge in [0, 0.05) is 26.2 Å². The summed E-state index contributed by atoms with van der Waals surface area (Å²) in [6, 6.07) is 18.1. The third-order valence-corrected chi connectivity index (χ3v) is 8.54. The lowest BCUT2D eigenvalue weighted by atomic mass is 10.2. The number of nitriles is 1. The third kappa shape index (κ3) is 5.14. The van der Waals surface area contributed by atoms with E-state index in [0.29, 0.717) is 24.8 Å². The monoisotopic (exact) mass is 496 g/mol. The molecule has 34 heavy (non-hydrogen) atoms. The average Bonchev–Trinajstić information content (AvgIpc) is 3.22. The number of amides is 1. The first kappa shape index (κ1) is 23.9. The van der Waals surface area contributed by atoms with Crippen molar-refractivity contribution in [3.8, 4) is 6.07 Å². The quantitative estimate of drug-likeness (QED) is 0.461. The van der Waals surface area contributed by atoms with Crippen molar-refractivity contribution in [1.29, 1.82) is 5.26 Å². The summed E-state index contributed by atoms with van der Waals surface area (Å²) in [5.41, 5.74) is 1.24. The maximum atomic E-state index is 13.0. The first-order valence-corrected chi connectivity index (χ1v) is 13.2. The average molecular weight is 497 g/mol. The van der Waals surface area contributed by atoms with Crippen LogP contribution in [0.15, 0.2) is 64.6 Å². The molecule has 2 aromatic carbocycles. The van der Waals surface area contributed by atoms with E-state index < -0.39 is 10.0 Å². The Morgan fingerprint density at radius 3 is 2.41 bits per heavy atom. The first-order chi connectivity index (χ1) is 16.4. The van der Waals surface area contributed by atoms with E-state index >= 15 is 0 Å². The molecular formula is C23H24N6O3S2. The van der Waals surface area contributed by atoms with Crippen LogP contribution in [-0.2, 0) is 21.4 Å². The highest BCUT2D eigenvalue weighted by atomic mass is 32.2. The van der Waals surface area contributed by atoms with Gasteiger partial charge in [-0.15, -0.1) is 10.2 Å². The third-order valence-electron chi connectivity index (χ3n) is 5.63. The van der Waals surface area contributed by atoms with Gasteiger partial charge >= 0.3 is 0 Å². The summed E-state index contributed by atoms with van der Waals surface area (Å²) in [4.78, 5) is 14.5. The predicted molar refractivity (Wildman–Crippen MR) is 128 cm³/mol. The summed E-state index contributed by atoms with van der Waals surface area (Å²) in [7, 11) is -3.80. The van der Waals surface area contributed by atoms with Gasteiger partial charge in [-0.2, -0.15) is 9.57 Å². The van der Waals surface area contributed by atoms with E-state index in [0.717, 1.165) is 11.4 Å². The van der Waals surface area contributed by atoms with Crippen LogP contribution in [0.3, 0.4) is 0 Å². The number of sulfonamides is 1. The molecule has 0 bridgehead atoms. The number of piperazine rings is 1. The lowest BCUT2D eigenvalue weighted by Gasteiger charge is -2.34. The minimum atomic E-state index is -3.80. The van der Waals surface area contributed by atoms with Gasteiger partial charge in [-0.1, -0.05) is 54.2 Å². The highest BCUT2D eigenvalue weighted by molar-refractivity contribution is 7.99. The normalized spacial score (nSPS) is 14.6. The van der Waals surface area contributed by atoms with Gasteiger partial charge in [-0.05, 0) is 24.6 Å². The standard InChI is InChI=1S/C23H24N6O3S2/c1-18-25-26-23(29(18)16-19-7-3-2-4-8-19)33-17-22(30)27-11-13-28(14-12-27)34(31,32)21-10-6-5-9-20(21)15-24/h2-10H,11-14,16-17H2,1H3. The molecule has 0 N–H and O–H groups in total. The van der Waals surface area contributed by atoms with Gasteiger partial charge in [0.25, 0.3) is 0 Å². The molecule has 0 saturated carbocycles. The summed E-state index contributed by atoms with van der Waals surface area (Å²) in [6.45, 7) is 3.46. The van der Waals surface area contributed by atoms with Crippen molar-refractivity contribution in [2.75, 3.05) is 31.9 Å². The van der Waals surface area contributed by atoms with Crippen LogP contribution in [0.2, 0.25) is 0 Å². The number of hydrogen-bond acceptors (Lipinski definition) is 7. The van der Waals surface area contributed by atoms with Gasteiger partial charge in [0.05, 0.1) is 22.8 Å². The number of aryl methyl sites for hydroxylation is 1. The molecule has 3 aromatic rings. The van der Waals surface area contributed by atoms with Crippen LogP contribution in [0.1, 0.15) is 17.0 Å². The lowest BCUT2D eigenvalue weighted by Crippen LogP contribution is -2.51. The van der Waals surface area contributed by atoms with Crippen molar-refractivity contribution < 1.29 is 13.2 Å². The fourth-order valence-corrected chi connectivity index (χ4v) is 6.19. The van der Waals surface area contributed by atoms with E-state index in [2.05, 4.69) is 10.2 Å². The lowest BCUT2D eigenvalue weighted by molar-refractivity contribution is -0.129. The molecular weight excluding hydrogens is 472 g/mol. The Balaban J connectivity index is 1.35. The zero-order chi connectivity index (χ0) is 24.1. The van der Waals surface area contributed by atoms with Gasteiger partial charge < -0.3 is 9.47 Å². The maximum Gasteiger partial charge on any atom is 0.244 e. The maximum absolute atomic E-state index is 13.0. The van der Waals surface area contributed by atoms with Crippen LogP contribution < -0.4 is 0 Å². The molecule has 1 fully saturated rings. The number of hydrogen-bond donors (Lipinski definition) is 0. The molecule has 0 spiro atoms. The zero-order valence-corrected chi connectivity index (χ0v) is 20.3. The van der Waals surface area contributed by atoms with Crippen molar-refractivity contribution in [3.05, 3.63) is 71.5 Å². The summed E-state index contributed by atoms with van der Waals surface area (Å²) in [6.07, 6.45) is 0. The largest absolute Gasteiger partial charge is 0.339 e. The Labute approximate surface area is 203 Å². The number of benzene rings is 2. The van der Waals surface area contributed by atoms with Crippen molar-refractivity contribution in [3.63, 3.8) is 0 Å². The van der Waals surface area contributed by atoms with Crippen LogP contribution in [0.4, 0.5) is 0 Å². The molecule has 4 rings (SSSR count). The van der Waals surface area contributed by atoms with Gasteiger partial charge in [-0.25, -0.2) is 8.42 Å². The second-order valence-corrected chi connectivity index (χ2v) is 10.6. The summed E-state index contributed by atoms with van der Waals surface area (Å²) in [5.74, 6) is 0.887. The molecule has 9 nitrogen and oxygen atoms in total. The number of nitrogens with zero attached hydrogens (tertiary/aromatic N) is 6. The second-order valence-electron chi connectivity index (χ2n) is 7.78. The molecule has 0 aliphatic carbocycles. The van der Waals surface area contributed by atoms with Crippen molar-refractivity contribution in [1.82, 2.24) is 24.0 Å². The summed E-state index contributed by atoms with van der Waals surface area (Å²) in [5, 5.41) is 18.3. The zero-order valence-electron chi connectivity index (χ0n) is 18.7. The van der Waals surface area contributed by atoms with E-state index in [1.807, 2.05) is 47.9 Å². The Hall–Kier alpha value is -3.20. The van der Waals surface area contributed by atoms with Crippen molar-refractivity contribution >= 4 is 27.7 Å². The molecule has 0 unspecified atom stereocenters. The minimum absolute atomic E-state index is 0.000884. The molecule has 1 saturated heterocycles. The van der Waals surface area contributed by atoms with Gasteiger partial charge in [-0.3, -0.25) is 4.79 Å². The summed E-state index contributed by atoms with van der Waals surface area (Å²) >= 11 is 1.33. The Morgan fingerprint density at radius 1 is 1.03 bits per heavy atom. The molecule has 176 valence electrons. The van der Waals surface area contributed by atoms with Gasteiger partial charge in [0.15, 0.2) is 5.16 Å². The Bertz CT molecular complexity index is 1310. The number of aromatic nitrogens is 3. The fraction of sp³-hybridized carbons (Fsp3) is 0.304. The smallest absolute Gasteiger partial charge is 0.244 e. The molecule has 2 heterocycles. The number of rotatable bonds is 7. The minimum Gasteiger partial charge on any atom is -0.339 e. The van der Waals surface area contributed by atoms with Crippen molar-refractivity contribution in [2.24, 2.45) is 0 Å². The molecule has 0 radical (unpaired) electrons. The van der Waals surface area contributed by atoms with Crippen LogP contribution in [0.5, 0.6) is 0 Å². The molecule has 1 aliphatic heterocycles. The van der Waals surface area contributed by atoms with E-state index in [-0.39, 0.29) is 35.2 Å². The molecule has 1 aliphatic rings. The Morgan fingerprint density at radius 2 is 1.71 bits per heavy atom. The predicted octanol–water partition coefficient (Wildman–Crippen LogP) is 2.13. The van der Waals surface area contributed by atoms with Gasteiger partial charge in [0.1, 0.15) is 11.9 Å². The highest BCUT2D eigenvalue weighted by Crippen LogP contribution is 2.22. The van der Waals surface area contributed by atoms with E-state index in [1.54, 1.807) is 17.0 Å². The van der Waals surface area contributed by atoms with E-state index in [1.165, 1.54) is 28.2 Å². The molecule has 1 aromatic heterocycles. The highest BCUT2D eigenvalue weighted by Gasteiger charge is 2.31. The molecule has 1 amide bonds. The number of carbonyl (C=O) groups excluding carboxylic acids is 1. The number of carbonyl (C=O) groups is 1. The van der Waals surface area contributed by atoms with Crippen LogP contribution >= 0.6 is 11.8 Å². The first-order valence-electron chi connectivity index (χ1n) is 10.7. The van der Waals surface area contributed by atoms with Crippen LogP contribution in [-0.4, -0.2) is 70.2 Å². The van der Waals surface area contributed by atoms with Crippen LogP contribution in [0, 0.1) is 18.3 Å².